The summed E-state index contributed by atoms with van der Waals surface area (Å²) in [5.41, 5.74) is -0.550. The predicted molar refractivity (Wildman–Crippen MR) is 79.0 cm³/mol. The van der Waals surface area contributed by atoms with Crippen molar-refractivity contribution in [3.8, 4) is 0 Å². The third-order valence-electron chi connectivity index (χ3n) is 2.79. The Bertz CT molecular complexity index is 657. The van der Waals surface area contributed by atoms with E-state index in [1.807, 2.05) is 24.4 Å². The van der Waals surface area contributed by atoms with Crippen molar-refractivity contribution >= 4 is 28.8 Å². The van der Waals surface area contributed by atoms with Crippen LogP contribution in [0.1, 0.15) is 22.2 Å². The molecule has 2 aromatic heterocycles. The third kappa shape index (κ3) is 3.76. The molecule has 0 saturated carbocycles. The molecule has 0 aromatic carbocycles. The van der Waals surface area contributed by atoms with Crippen molar-refractivity contribution in [2.45, 2.75) is 19.4 Å². The molecule has 0 radical (unpaired) electrons. The Morgan fingerprint density at radius 1 is 1.62 bits per heavy atom. The van der Waals surface area contributed by atoms with E-state index in [2.05, 4.69) is 10.3 Å². The van der Waals surface area contributed by atoms with Gasteiger partial charge in [-0.15, -0.1) is 11.3 Å². The molecule has 21 heavy (non-hydrogen) atoms. The molecule has 0 saturated heterocycles. The number of carboxylic acid groups (broad SMARTS) is 1. The molecule has 0 aliphatic carbocycles. The Balaban J connectivity index is 2.18. The van der Waals surface area contributed by atoms with E-state index in [0.717, 1.165) is 23.6 Å². The zero-order chi connectivity index (χ0) is 15.4. The SMILES string of the molecule is CC(Cc1cccs1)Nc1ncc([N+](=O)[O-])cc1C(=O)O. The van der Waals surface area contributed by atoms with Gasteiger partial charge < -0.3 is 10.4 Å². The first kappa shape index (κ1) is 14.9. The zero-order valence-electron chi connectivity index (χ0n) is 11.1. The summed E-state index contributed by atoms with van der Waals surface area (Å²) in [6, 6.07) is 4.90. The van der Waals surface area contributed by atoms with E-state index in [4.69, 9.17) is 5.11 Å². The van der Waals surface area contributed by atoms with Gasteiger partial charge in [-0.1, -0.05) is 6.07 Å². The molecule has 2 N–H and O–H groups in total. The zero-order valence-corrected chi connectivity index (χ0v) is 12.0. The summed E-state index contributed by atoms with van der Waals surface area (Å²) < 4.78 is 0. The lowest BCUT2D eigenvalue weighted by Gasteiger charge is -2.15. The molecule has 0 bridgehead atoms. The summed E-state index contributed by atoms with van der Waals surface area (Å²) in [5.74, 6) is -1.12. The molecule has 0 spiro atoms. The Morgan fingerprint density at radius 2 is 2.38 bits per heavy atom. The van der Waals surface area contributed by atoms with Crippen LogP contribution in [0.2, 0.25) is 0 Å². The number of aromatic nitrogens is 1. The first-order chi connectivity index (χ1) is 9.97. The van der Waals surface area contributed by atoms with Gasteiger partial charge in [-0.25, -0.2) is 9.78 Å². The minimum absolute atomic E-state index is 0.0456. The number of carboxylic acids is 1. The van der Waals surface area contributed by atoms with Crippen molar-refractivity contribution < 1.29 is 14.8 Å². The van der Waals surface area contributed by atoms with Crippen LogP contribution in [0.3, 0.4) is 0 Å². The van der Waals surface area contributed by atoms with E-state index in [-0.39, 0.29) is 23.1 Å². The minimum atomic E-state index is -1.25. The van der Waals surface area contributed by atoms with Crippen molar-refractivity contribution in [3.63, 3.8) is 0 Å². The maximum Gasteiger partial charge on any atom is 0.339 e. The molecule has 0 aliphatic heterocycles. The van der Waals surface area contributed by atoms with Gasteiger partial charge in [0.05, 0.1) is 4.92 Å². The number of hydrogen-bond donors (Lipinski definition) is 2. The molecule has 7 nitrogen and oxygen atoms in total. The molecule has 2 aromatic rings. The van der Waals surface area contributed by atoms with Crippen LogP contribution in [-0.2, 0) is 6.42 Å². The number of anilines is 1. The maximum atomic E-state index is 11.2. The summed E-state index contributed by atoms with van der Waals surface area (Å²) in [5, 5.41) is 24.8. The van der Waals surface area contributed by atoms with Crippen LogP contribution in [0.4, 0.5) is 11.5 Å². The van der Waals surface area contributed by atoms with Gasteiger partial charge in [-0.05, 0) is 18.4 Å². The van der Waals surface area contributed by atoms with Crippen molar-refractivity contribution in [1.82, 2.24) is 4.98 Å². The maximum absolute atomic E-state index is 11.2. The fourth-order valence-corrected chi connectivity index (χ4v) is 2.68. The van der Waals surface area contributed by atoms with Gasteiger partial charge in [0.25, 0.3) is 5.69 Å². The van der Waals surface area contributed by atoms with Gasteiger partial charge >= 0.3 is 5.97 Å². The Hall–Kier alpha value is -2.48. The lowest BCUT2D eigenvalue weighted by atomic mass is 10.2. The van der Waals surface area contributed by atoms with E-state index < -0.39 is 10.9 Å². The monoisotopic (exact) mass is 307 g/mol. The van der Waals surface area contributed by atoms with Crippen molar-refractivity contribution in [1.29, 1.82) is 0 Å². The van der Waals surface area contributed by atoms with E-state index in [0.29, 0.717) is 0 Å². The molecule has 2 heterocycles. The van der Waals surface area contributed by atoms with Gasteiger partial charge in [0, 0.05) is 23.4 Å². The molecule has 0 fully saturated rings. The number of nitrogens with zero attached hydrogens (tertiary/aromatic N) is 2. The van der Waals surface area contributed by atoms with Crippen LogP contribution in [0, 0.1) is 10.1 Å². The number of nitrogens with one attached hydrogen (secondary N) is 1. The van der Waals surface area contributed by atoms with Crippen LogP contribution in [-0.4, -0.2) is 27.0 Å². The van der Waals surface area contributed by atoms with Gasteiger partial charge in [0.2, 0.25) is 0 Å². The second-order valence-corrected chi connectivity index (χ2v) is 5.51. The second kappa shape index (κ2) is 6.31. The van der Waals surface area contributed by atoms with E-state index in [1.165, 1.54) is 0 Å². The normalized spacial score (nSPS) is 11.9. The highest BCUT2D eigenvalue weighted by molar-refractivity contribution is 7.09. The summed E-state index contributed by atoms with van der Waals surface area (Å²) in [7, 11) is 0. The summed E-state index contributed by atoms with van der Waals surface area (Å²) in [6.07, 6.45) is 1.77. The number of nitro groups is 1. The van der Waals surface area contributed by atoms with Crippen molar-refractivity contribution in [3.05, 3.63) is 50.3 Å². The first-order valence-corrected chi connectivity index (χ1v) is 7.02. The quantitative estimate of drug-likeness (QED) is 0.628. The summed E-state index contributed by atoms with van der Waals surface area (Å²) in [6.45, 7) is 1.90. The summed E-state index contributed by atoms with van der Waals surface area (Å²) >= 11 is 1.61. The topological polar surface area (TPSA) is 105 Å². The minimum Gasteiger partial charge on any atom is -0.478 e. The predicted octanol–water partition coefficient (Wildman–Crippen LogP) is 2.79. The molecular weight excluding hydrogens is 294 g/mol. The molecule has 0 aliphatic rings. The molecular formula is C13H13N3O4S. The Kier molecular flexibility index (Phi) is 4.49. The standard InChI is InChI=1S/C13H13N3O4S/c1-8(5-10-3-2-4-21-10)15-12-11(13(17)18)6-9(7-14-12)16(19)20/h2-4,6-8H,5H2,1H3,(H,14,15)(H,17,18). The molecule has 0 amide bonds. The smallest absolute Gasteiger partial charge is 0.339 e. The van der Waals surface area contributed by atoms with E-state index >= 15 is 0 Å². The number of thiophene rings is 1. The van der Waals surface area contributed by atoms with Crippen molar-refractivity contribution in [2.24, 2.45) is 0 Å². The largest absolute Gasteiger partial charge is 0.478 e. The highest BCUT2D eigenvalue weighted by Crippen LogP contribution is 2.21. The van der Waals surface area contributed by atoms with Gasteiger partial charge in [-0.3, -0.25) is 10.1 Å². The second-order valence-electron chi connectivity index (χ2n) is 4.48. The number of rotatable bonds is 6. The third-order valence-corrected chi connectivity index (χ3v) is 3.68. The lowest BCUT2D eigenvalue weighted by Crippen LogP contribution is -2.20. The van der Waals surface area contributed by atoms with Crippen LogP contribution in [0.5, 0.6) is 0 Å². The lowest BCUT2D eigenvalue weighted by molar-refractivity contribution is -0.385. The van der Waals surface area contributed by atoms with Crippen LogP contribution < -0.4 is 5.32 Å². The summed E-state index contributed by atoms with van der Waals surface area (Å²) in [4.78, 5) is 26.2. The molecule has 1 atom stereocenters. The van der Waals surface area contributed by atoms with E-state index in [1.54, 1.807) is 11.3 Å². The highest BCUT2D eigenvalue weighted by Gasteiger charge is 2.18. The van der Waals surface area contributed by atoms with Crippen molar-refractivity contribution in [2.75, 3.05) is 5.32 Å². The Labute approximate surface area is 124 Å². The van der Waals surface area contributed by atoms with Crippen LogP contribution >= 0.6 is 11.3 Å². The van der Waals surface area contributed by atoms with Gasteiger partial charge in [0.1, 0.15) is 17.6 Å². The fraction of sp³-hybridized carbons (Fsp3) is 0.231. The number of pyridine rings is 1. The van der Waals surface area contributed by atoms with Gasteiger partial charge in [-0.2, -0.15) is 0 Å². The first-order valence-electron chi connectivity index (χ1n) is 6.14. The molecule has 1 unspecified atom stereocenters. The number of aromatic carboxylic acids is 1. The number of carbonyl (C=O) groups is 1. The average molecular weight is 307 g/mol. The van der Waals surface area contributed by atoms with Gasteiger partial charge in [0.15, 0.2) is 0 Å². The van der Waals surface area contributed by atoms with Crippen LogP contribution in [0.15, 0.2) is 29.8 Å². The Morgan fingerprint density at radius 3 is 2.95 bits per heavy atom. The highest BCUT2D eigenvalue weighted by atomic mass is 32.1. The molecule has 2 rings (SSSR count). The van der Waals surface area contributed by atoms with Crippen LogP contribution in [0.25, 0.3) is 0 Å². The van der Waals surface area contributed by atoms with E-state index in [9.17, 15) is 14.9 Å². The number of hydrogen-bond acceptors (Lipinski definition) is 6. The fourth-order valence-electron chi connectivity index (χ4n) is 1.85. The average Bonchev–Trinajstić information content (AvgIpc) is 2.91. The molecule has 110 valence electrons. The molecule has 8 heteroatoms.